The molecule has 0 amide bonds. The predicted molar refractivity (Wildman–Crippen MR) is 56.9 cm³/mol. The molecule has 1 rings (SSSR count). The quantitative estimate of drug-likeness (QED) is 0.829. The molecule has 0 saturated heterocycles. The molecule has 0 fully saturated rings. The lowest BCUT2D eigenvalue weighted by atomic mass is 9.96. The number of aliphatic hydroxyl groups is 2. The summed E-state index contributed by atoms with van der Waals surface area (Å²) >= 11 is 0. The van der Waals surface area contributed by atoms with Gasteiger partial charge >= 0.3 is 0 Å². The number of hydrogen-bond acceptors (Lipinski definition) is 2. The number of rotatable bonds is 4. The van der Waals surface area contributed by atoms with Crippen molar-refractivity contribution in [3.8, 4) is 0 Å². The summed E-state index contributed by atoms with van der Waals surface area (Å²) in [5.41, 5.74) is 0.338. The van der Waals surface area contributed by atoms with E-state index < -0.39 is 23.8 Å². The maximum absolute atomic E-state index is 12.9. The van der Waals surface area contributed by atoms with Crippen LogP contribution in [0.15, 0.2) is 18.2 Å². The number of benzene rings is 1. The molecule has 2 unspecified atom stereocenters. The molecular weight excluding hydrogens is 214 g/mol. The molecule has 2 nitrogen and oxygen atoms in total. The summed E-state index contributed by atoms with van der Waals surface area (Å²) in [5.74, 6) is -1.46. The summed E-state index contributed by atoms with van der Waals surface area (Å²) in [6.45, 7) is 3.53. The van der Waals surface area contributed by atoms with Crippen LogP contribution in [0.3, 0.4) is 0 Å². The summed E-state index contributed by atoms with van der Waals surface area (Å²) in [5, 5.41) is 19.2. The topological polar surface area (TPSA) is 40.5 Å². The fourth-order valence-electron chi connectivity index (χ4n) is 1.54. The van der Waals surface area contributed by atoms with E-state index in [4.69, 9.17) is 0 Å². The Balaban J connectivity index is 2.72. The highest BCUT2D eigenvalue weighted by molar-refractivity contribution is 5.18. The van der Waals surface area contributed by atoms with Gasteiger partial charge in [0.1, 0.15) is 11.6 Å². The Bertz CT molecular complexity index is 333. The number of aliphatic hydroxyl groups excluding tert-OH is 2. The average Bonchev–Trinajstić information content (AvgIpc) is 2.14. The average molecular weight is 230 g/mol. The van der Waals surface area contributed by atoms with E-state index in [0.29, 0.717) is 5.56 Å². The zero-order chi connectivity index (χ0) is 12.3. The van der Waals surface area contributed by atoms with Crippen molar-refractivity contribution in [2.24, 2.45) is 5.92 Å². The van der Waals surface area contributed by atoms with Crippen LogP contribution in [0.4, 0.5) is 8.78 Å². The van der Waals surface area contributed by atoms with Crippen LogP contribution in [0.2, 0.25) is 0 Å². The second-order valence-corrected chi connectivity index (χ2v) is 4.28. The van der Waals surface area contributed by atoms with E-state index in [9.17, 15) is 19.0 Å². The lowest BCUT2D eigenvalue weighted by Crippen LogP contribution is -2.32. The SMILES string of the molecule is CC(C)C(O)C(O)Cc1cc(F)cc(F)c1. The Kier molecular flexibility index (Phi) is 4.38. The van der Waals surface area contributed by atoms with E-state index in [0.717, 1.165) is 18.2 Å². The van der Waals surface area contributed by atoms with Crippen molar-refractivity contribution in [3.05, 3.63) is 35.4 Å². The molecule has 90 valence electrons. The van der Waals surface area contributed by atoms with E-state index >= 15 is 0 Å². The highest BCUT2D eigenvalue weighted by Gasteiger charge is 2.20. The van der Waals surface area contributed by atoms with Crippen LogP contribution in [-0.4, -0.2) is 22.4 Å². The zero-order valence-corrected chi connectivity index (χ0v) is 9.32. The van der Waals surface area contributed by atoms with Crippen molar-refractivity contribution < 1.29 is 19.0 Å². The van der Waals surface area contributed by atoms with Crippen LogP contribution in [-0.2, 0) is 6.42 Å². The zero-order valence-electron chi connectivity index (χ0n) is 9.32. The monoisotopic (exact) mass is 230 g/mol. The predicted octanol–water partition coefficient (Wildman–Crippen LogP) is 1.89. The Labute approximate surface area is 93.5 Å². The molecule has 0 radical (unpaired) electrons. The first kappa shape index (κ1) is 13.1. The van der Waals surface area contributed by atoms with E-state index in [1.165, 1.54) is 0 Å². The van der Waals surface area contributed by atoms with Gasteiger partial charge in [0.2, 0.25) is 0 Å². The van der Waals surface area contributed by atoms with Gasteiger partial charge in [0, 0.05) is 12.5 Å². The van der Waals surface area contributed by atoms with Crippen molar-refractivity contribution in [1.82, 2.24) is 0 Å². The minimum absolute atomic E-state index is 0.0357. The van der Waals surface area contributed by atoms with Gasteiger partial charge in [0.15, 0.2) is 0 Å². The third-order valence-electron chi connectivity index (χ3n) is 2.44. The second kappa shape index (κ2) is 5.37. The summed E-state index contributed by atoms with van der Waals surface area (Å²) in [4.78, 5) is 0. The molecule has 0 aliphatic rings. The Morgan fingerprint density at radius 2 is 1.56 bits per heavy atom. The van der Waals surface area contributed by atoms with Crippen LogP contribution in [0.5, 0.6) is 0 Å². The van der Waals surface area contributed by atoms with Crippen molar-refractivity contribution in [1.29, 1.82) is 0 Å². The summed E-state index contributed by atoms with van der Waals surface area (Å²) in [6.07, 6.45) is -1.87. The highest BCUT2D eigenvalue weighted by atomic mass is 19.1. The van der Waals surface area contributed by atoms with Gasteiger partial charge in [-0.25, -0.2) is 8.78 Å². The van der Waals surface area contributed by atoms with E-state index in [1.54, 1.807) is 13.8 Å². The number of hydrogen-bond donors (Lipinski definition) is 2. The highest BCUT2D eigenvalue weighted by Crippen LogP contribution is 2.14. The molecule has 0 aromatic heterocycles. The molecule has 0 saturated carbocycles. The Morgan fingerprint density at radius 3 is 2.00 bits per heavy atom. The third kappa shape index (κ3) is 3.54. The molecule has 0 aliphatic heterocycles. The van der Waals surface area contributed by atoms with Gasteiger partial charge in [-0.1, -0.05) is 13.8 Å². The van der Waals surface area contributed by atoms with Crippen LogP contribution < -0.4 is 0 Å². The molecule has 2 N–H and O–H groups in total. The lowest BCUT2D eigenvalue weighted by Gasteiger charge is -2.21. The fraction of sp³-hybridized carbons (Fsp3) is 0.500. The first-order valence-corrected chi connectivity index (χ1v) is 5.21. The van der Waals surface area contributed by atoms with Gasteiger partial charge in [-0.3, -0.25) is 0 Å². The molecule has 1 aromatic carbocycles. The maximum atomic E-state index is 12.9. The van der Waals surface area contributed by atoms with Crippen LogP contribution in [0.1, 0.15) is 19.4 Å². The molecule has 0 aliphatic carbocycles. The van der Waals surface area contributed by atoms with Gasteiger partial charge in [-0.15, -0.1) is 0 Å². The molecule has 1 aromatic rings. The van der Waals surface area contributed by atoms with Crippen LogP contribution in [0.25, 0.3) is 0 Å². The minimum atomic E-state index is -1.01. The maximum Gasteiger partial charge on any atom is 0.126 e. The lowest BCUT2D eigenvalue weighted by molar-refractivity contribution is -0.00736. The largest absolute Gasteiger partial charge is 0.390 e. The normalized spacial score (nSPS) is 15.2. The molecule has 0 spiro atoms. The van der Waals surface area contributed by atoms with E-state index in [2.05, 4.69) is 0 Å². The van der Waals surface area contributed by atoms with Gasteiger partial charge in [0.25, 0.3) is 0 Å². The van der Waals surface area contributed by atoms with Crippen LogP contribution >= 0.6 is 0 Å². The first-order chi connectivity index (χ1) is 7.40. The molecule has 0 bridgehead atoms. The second-order valence-electron chi connectivity index (χ2n) is 4.28. The summed E-state index contributed by atoms with van der Waals surface area (Å²) in [6, 6.07) is 3.08. The van der Waals surface area contributed by atoms with Gasteiger partial charge < -0.3 is 10.2 Å². The number of halogens is 2. The Hall–Kier alpha value is -1.00. The van der Waals surface area contributed by atoms with Crippen molar-refractivity contribution in [2.45, 2.75) is 32.5 Å². The summed E-state index contributed by atoms with van der Waals surface area (Å²) < 4.78 is 25.7. The van der Waals surface area contributed by atoms with Gasteiger partial charge in [0.05, 0.1) is 12.2 Å². The van der Waals surface area contributed by atoms with Crippen molar-refractivity contribution in [3.63, 3.8) is 0 Å². The van der Waals surface area contributed by atoms with Crippen molar-refractivity contribution >= 4 is 0 Å². The molecular formula is C12H16F2O2. The molecule has 16 heavy (non-hydrogen) atoms. The standard InChI is InChI=1S/C12H16F2O2/c1-7(2)12(16)11(15)5-8-3-9(13)6-10(14)4-8/h3-4,6-7,11-12,15-16H,5H2,1-2H3. The Morgan fingerprint density at radius 1 is 1.06 bits per heavy atom. The third-order valence-corrected chi connectivity index (χ3v) is 2.44. The van der Waals surface area contributed by atoms with Gasteiger partial charge in [-0.2, -0.15) is 0 Å². The van der Waals surface area contributed by atoms with Crippen LogP contribution in [0, 0.1) is 17.6 Å². The first-order valence-electron chi connectivity index (χ1n) is 5.21. The molecule has 2 atom stereocenters. The van der Waals surface area contributed by atoms with E-state index in [1.807, 2.05) is 0 Å². The molecule has 4 heteroatoms. The minimum Gasteiger partial charge on any atom is -0.390 e. The smallest absolute Gasteiger partial charge is 0.126 e. The summed E-state index contributed by atoms with van der Waals surface area (Å²) in [7, 11) is 0. The molecule has 0 heterocycles. The fourth-order valence-corrected chi connectivity index (χ4v) is 1.54. The van der Waals surface area contributed by atoms with Gasteiger partial charge in [-0.05, 0) is 23.6 Å². The van der Waals surface area contributed by atoms with E-state index in [-0.39, 0.29) is 12.3 Å². The van der Waals surface area contributed by atoms with Crippen molar-refractivity contribution in [2.75, 3.05) is 0 Å².